The van der Waals surface area contributed by atoms with Crippen LogP contribution in [-0.4, -0.2) is 42.8 Å². The summed E-state index contributed by atoms with van der Waals surface area (Å²) in [4.78, 5) is 0. The molecule has 0 aliphatic carbocycles. The third kappa shape index (κ3) is 6.93. The van der Waals surface area contributed by atoms with Crippen molar-refractivity contribution in [1.82, 2.24) is 0 Å². The molecule has 0 spiro atoms. The number of nitrogens with two attached hydrogens (primary N) is 4. The van der Waals surface area contributed by atoms with Crippen molar-refractivity contribution >= 4 is 16.6 Å². The van der Waals surface area contributed by atoms with Gasteiger partial charge in [0.05, 0.1) is 0 Å². The van der Waals surface area contributed by atoms with Crippen molar-refractivity contribution in [2.24, 2.45) is 33.8 Å². The van der Waals surface area contributed by atoms with Crippen LogP contribution in [0.3, 0.4) is 0 Å². The van der Waals surface area contributed by atoms with Gasteiger partial charge in [-0.05, 0) is 88.1 Å². The summed E-state index contributed by atoms with van der Waals surface area (Å²) in [5.74, 6) is 0. The van der Waals surface area contributed by atoms with Crippen LogP contribution in [0, 0.1) is 10.8 Å². The van der Waals surface area contributed by atoms with Gasteiger partial charge in [-0.2, -0.15) is 0 Å². The monoisotopic (exact) mass is 362 g/mol. The van der Waals surface area contributed by atoms with Crippen LogP contribution in [-0.2, 0) is 4.12 Å². The maximum atomic E-state index is 6.80. The van der Waals surface area contributed by atoms with Crippen LogP contribution in [0.4, 0.5) is 0 Å². The SMILES string of the molecule is CCC(CN)(CN)C[Si](C)(C)O[Si](C)(C)CC(CC)(CN)CN. The molecule has 0 aromatic carbocycles. The molecule has 5 nitrogen and oxygen atoms in total. The highest BCUT2D eigenvalue weighted by Crippen LogP contribution is 2.37. The molecule has 8 N–H and O–H groups in total. The Hall–Kier alpha value is 0.234. The molecule has 0 aromatic heterocycles. The lowest BCUT2D eigenvalue weighted by atomic mass is 9.88. The molecule has 0 bridgehead atoms. The summed E-state index contributed by atoms with van der Waals surface area (Å²) in [6.45, 7) is 16.1. The van der Waals surface area contributed by atoms with Gasteiger partial charge in [0.2, 0.25) is 0 Å². The highest BCUT2D eigenvalue weighted by Gasteiger charge is 2.42. The maximum Gasteiger partial charge on any atom is 0.174 e. The lowest BCUT2D eigenvalue weighted by Gasteiger charge is -2.44. The van der Waals surface area contributed by atoms with E-state index in [-0.39, 0.29) is 10.8 Å². The normalized spacial score (nSPS) is 14.3. The molecule has 0 fully saturated rings. The third-order valence-corrected chi connectivity index (χ3v) is 13.0. The van der Waals surface area contributed by atoms with Crippen LogP contribution in [0.5, 0.6) is 0 Å². The van der Waals surface area contributed by atoms with Crippen LogP contribution >= 0.6 is 0 Å². The Morgan fingerprint density at radius 1 is 0.652 bits per heavy atom. The third-order valence-electron chi connectivity index (χ3n) is 5.39. The molecule has 0 heterocycles. The van der Waals surface area contributed by atoms with E-state index in [1.165, 1.54) is 0 Å². The molecule has 0 unspecified atom stereocenters. The minimum Gasteiger partial charge on any atom is -0.455 e. The molecule has 0 atom stereocenters. The molecule has 0 saturated heterocycles. The smallest absolute Gasteiger partial charge is 0.174 e. The van der Waals surface area contributed by atoms with E-state index in [4.69, 9.17) is 27.0 Å². The topological polar surface area (TPSA) is 113 Å². The predicted octanol–water partition coefficient (Wildman–Crippen LogP) is 2.04. The molecule has 0 saturated carbocycles. The molecule has 0 radical (unpaired) electrons. The fraction of sp³-hybridized carbons (Fsp3) is 1.00. The first-order valence-corrected chi connectivity index (χ1v) is 15.2. The minimum absolute atomic E-state index is 0.0176. The van der Waals surface area contributed by atoms with Crippen LogP contribution in [0.15, 0.2) is 0 Å². The van der Waals surface area contributed by atoms with Crippen LogP contribution < -0.4 is 22.9 Å². The standard InChI is InChI=1S/C16H42N4OSi2/c1-7-15(9-17,10-18)13-22(3,4)21-23(5,6)14-16(8-2,11-19)12-20/h7-14,17-20H2,1-6H3. The van der Waals surface area contributed by atoms with E-state index in [1.54, 1.807) is 0 Å². The van der Waals surface area contributed by atoms with Crippen molar-refractivity contribution in [3.63, 3.8) is 0 Å². The quantitative estimate of drug-likeness (QED) is 0.397. The number of hydrogen-bond acceptors (Lipinski definition) is 5. The van der Waals surface area contributed by atoms with Gasteiger partial charge in [-0.3, -0.25) is 0 Å². The van der Waals surface area contributed by atoms with Gasteiger partial charge in [0.1, 0.15) is 0 Å². The van der Waals surface area contributed by atoms with E-state index in [1.807, 2.05) is 0 Å². The van der Waals surface area contributed by atoms with E-state index in [0.717, 1.165) is 24.9 Å². The summed E-state index contributed by atoms with van der Waals surface area (Å²) >= 11 is 0. The van der Waals surface area contributed by atoms with Crippen molar-refractivity contribution < 1.29 is 4.12 Å². The van der Waals surface area contributed by atoms with Gasteiger partial charge in [0.25, 0.3) is 0 Å². The number of rotatable bonds is 12. The van der Waals surface area contributed by atoms with Crippen molar-refractivity contribution in [1.29, 1.82) is 0 Å². The summed E-state index contributed by atoms with van der Waals surface area (Å²) in [5, 5.41) is 0. The second-order valence-corrected chi connectivity index (χ2v) is 17.1. The van der Waals surface area contributed by atoms with E-state index >= 15 is 0 Å². The molecular formula is C16H42N4OSi2. The van der Waals surface area contributed by atoms with Crippen LogP contribution in [0.25, 0.3) is 0 Å². The van der Waals surface area contributed by atoms with Crippen LogP contribution in [0.1, 0.15) is 26.7 Å². The summed E-state index contributed by atoms with van der Waals surface area (Å²) in [7, 11) is -3.71. The molecule has 0 aliphatic heterocycles. The lowest BCUT2D eigenvalue weighted by Crippen LogP contribution is -2.53. The van der Waals surface area contributed by atoms with Gasteiger partial charge < -0.3 is 27.0 Å². The first kappa shape index (κ1) is 23.2. The van der Waals surface area contributed by atoms with Crippen molar-refractivity contribution in [2.75, 3.05) is 26.2 Å². The fourth-order valence-electron chi connectivity index (χ4n) is 3.91. The highest BCUT2D eigenvalue weighted by atomic mass is 28.4. The molecule has 0 aromatic rings. The maximum absolute atomic E-state index is 6.80. The Morgan fingerprint density at radius 2 is 0.913 bits per heavy atom. The zero-order chi connectivity index (χ0) is 18.4. The summed E-state index contributed by atoms with van der Waals surface area (Å²) < 4.78 is 6.80. The summed E-state index contributed by atoms with van der Waals surface area (Å²) in [5.41, 5.74) is 24.2. The Bertz CT molecular complexity index is 294. The Labute approximate surface area is 146 Å². The van der Waals surface area contributed by atoms with Gasteiger partial charge in [-0.15, -0.1) is 0 Å². The Kier molecular flexibility index (Phi) is 9.17. The van der Waals surface area contributed by atoms with E-state index in [0.29, 0.717) is 26.2 Å². The average Bonchev–Trinajstić information content (AvgIpc) is 2.49. The summed E-state index contributed by atoms with van der Waals surface area (Å²) in [6, 6.07) is 2.04. The van der Waals surface area contributed by atoms with E-state index in [9.17, 15) is 0 Å². The Morgan fingerprint density at radius 3 is 1.09 bits per heavy atom. The van der Waals surface area contributed by atoms with Crippen molar-refractivity contribution in [3.8, 4) is 0 Å². The second-order valence-electron chi connectivity index (χ2n) is 8.50. The highest BCUT2D eigenvalue weighted by molar-refractivity contribution is 6.85. The summed E-state index contributed by atoms with van der Waals surface area (Å²) in [6.07, 6.45) is 2.01. The lowest BCUT2D eigenvalue weighted by molar-refractivity contribution is 0.305. The van der Waals surface area contributed by atoms with Crippen LogP contribution in [0.2, 0.25) is 38.3 Å². The van der Waals surface area contributed by atoms with Gasteiger partial charge in [-0.25, -0.2) is 0 Å². The second kappa shape index (κ2) is 9.08. The van der Waals surface area contributed by atoms with E-state index < -0.39 is 16.6 Å². The van der Waals surface area contributed by atoms with Gasteiger partial charge in [0, 0.05) is 0 Å². The first-order valence-electron chi connectivity index (χ1n) is 8.99. The minimum atomic E-state index is -1.86. The zero-order valence-corrected chi connectivity index (χ0v) is 18.4. The zero-order valence-electron chi connectivity index (χ0n) is 16.4. The van der Waals surface area contributed by atoms with Gasteiger partial charge in [0.15, 0.2) is 16.6 Å². The molecule has 7 heteroatoms. The molecule has 140 valence electrons. The largest absolute Gasteiger partial charge is 0.455 e. The van der Waals surface area contributed by atoms with Gasteiger partial charge in [-0.1, -0.05) is 13.8 Å². The number of hydrogen-bond donors (Lipinski definition) is 4. The van der Waals surface area contributed by atoms with Crippen molar-refractivity contribution in [2.45, 2.75) is 65.0 Å². The van der Waals surface area contributed by atoms with E-state index in [2.05, 4.69) is 40.0 Å². The fourth-order valence-corrected chi connectivity index (χ4v) is 15.2. The molecule has 0 amide bonds. The Balaban J connectivity index is 5.12. The molecule has 0 aliphatic rings. The molecule has 0 rings (SSSR count). The first-order chi connectivity index (χ1) is 10.5. The van der Waals surface area contributed by atoms with Crippen molar-refractivity contribution in [3.05, 3.63) is 0 Å². The molecular weight excluding hydrogens is 320 g/mol. The predicted molar refractivity (Wildman–Crippen MR) is 107 cm³/mol. The van der Waals surface area contributed by atoms with Gasteiger partial charge >= 0.3 is 0 Å². The average molecular weight is 363 g/mol. The molecule has 23 heavy (non-hydrogen) atoms.